The first-order valence-corrected chi connectivity index (χ1v) is 9.39. The molecule has 0 atom stereocenters. The number of aryl methyl sites for hydroxylation is 1. The van der Waals surface area contributed by atoms with Crippen molar-refractivity contribution in [1.82, 2.24) is 0 Å². The van der Waals surface area contributed by atoms with Gasteiger partial charge < -0.3 is 14.8 Å². The van der Waals surface area contributed by atoms with Gasteiger partial charge in [0.2, 0.25) is 5.91 Å². The van der Waals surface area contributed by atoms with Gasteiger partial charge in [-0.25, -0.2) is 0 Å². The van der Waals surface area contributed by atoms with Crippen LogP contribution in [-0.4, -0.2) is 24.9 Å². The Kier molecular flexibility index (Phi) is 7.86. The van der Waals surface area contributed by atoms with Crippen LogP contribution in [0, 0.1) is 0 Å². The summed E-state index contributed by atoms with van der Waals surface area (Å²) in [4.78, 5) is 24.4. The SMILES string of the molecule is CCOc1ccc(NC(=O)CCC(=O)c2ccc(CC)cc2)cc1OCC. The van der Waals surface area contributed by atoms with E-state index < -0.39 is 0 Å². The maximum absolute atomic E-state index is 12.2. The highest BCUT2D eigenvalue weighted by atomic mass is 16.5. The molecular weight excluding hydrogens is 342 g/mol. The lowest BCUT2D eigenvalue weighted by atomic mass is 10.0. The highest BCUT2D eigenvalue weighted by Gasteiger charge is 2.11. The first-order chi connectivity index (χ1) is 13.1. The van der Waals surface area contributed by atoms with Crippen LogP contribution in [0.2, 0.25) is 0 Å². The molecule has 0 aliphatic rings. The van der Waals surface area contributed by atoms with Crippen LogP contribution in [-0.2, 0) is 11.2 Å². The Morgan fingerprint density at radius 1 is 0.852 bits per heavy atom. The van der Waals surface area contributed by atoms with Crippen LogP contribution in [0.25, 0.3) is 0 Å². The van der Waals surface area contributed by atoms with Crippen LogP contribution in [0.15, 0.2) is 42.5 Å². The molecule has 0 aromatic heterocycles. The van der Waals surface area contributed by atoms with E-state index in [0.717, 1.165) is 6.42 Å². The van der Waals surface area contributed by atoms with E-state index in [1.54, 1.807) is 18.2 Å². The second kappa shape index (κ2) is 10.4. The molecule has 2 rings (SSSR count). The third kappa shape index (κ3) is 6.13. The summed E-state index contributed by atoms with van der Waals surface area (Å²) in [6, 6.07) is 12.8. The first-order valence-electron chi connectivity index (χ1n) is 9.39. The maximum atomic E-state index is 12.2. The zero-order chi connectivity index (χ0) is 19.6. The summed E-state index contributed by atoms with van der Waals surface area (Å²) in [7, 11) is 0. The van der Waals surface area contributed by atoms with E-state index in [2.05, 4.69) is 12.2 Å². The van der Waals surface area contributed by atoms with Gasteiger partial charge in [-0.05, 0) is 38.0 Å². The first kappa shape index (κ1) is 20.5. The fourth-order valence-electron chi connectivity index (χ4n) is 2.65. The largest absolute Gasteiger partial charge is 0.490 e. The fraction of sp³-hybridized carbons (Fsp3) is 0.364. The van der Waals surface area contributed by atoms with E-state index in [-0.39, 0.29) is 24.5 Å². The number of ether oxygens (including phenoxy) is 2. The summed E-state index contributed by atoms with van der Waals surface area (Å²) in [5, 5.41) is 2.81. The number of rotatable bonds is 10. The molecule has 0 heterocycles. The van der Waals surface area contributed by atoms with Crippen LogP contribution in [0.4, 0.5) is 5.69 Å². The average molecular weight is 369 g/mol. The Morgan fingerprint density at radius 2 is 1.52 bits per heavy atom. The average Bonchev–Trinajstić information content (AvgIpc) is 2.68. The molecule has 0 aliphatic carbocycles. The predicted octanol–water partition coefficient (Wildman–Crippen LogP) is 4.65. The van der Waals surface area contributed by atoms with Crippen molar-refractivity contribution in [2.24, 2.45) is 0 Å². The summed E-state index contributed by atoms with van der Waals surface area (Å²) < 4.78 is 11.1. The van der Waals surface area contributed by atoms with Gasteiger partial charge in [-0.2, -0.15) is 0 Å². The molecule has 2 aromatic carbocycles. The van der Waals surface area contributed by atoms with E-state index in [0.29, 0.717) is 36.0 Å². The van der Waals surface area contributed by atoms with Crippen LogP contribution in [0.1, 0.15) is 49.5 Å². The molecule has 0 bridgehead atoms. The van der Waals surface area contributed by atoms with E-state index in [9.17, 15) is 9.59 Å². The smallest absolute Gasteiger partial charge is 0.224 e. The van der Waals surface area contributed by atoms with Crippen LogP contribution < -0.4 is 14.8 Å². The number of hydrogen-bond acceptors (Lipinski definition) is 4. The molecular formula is C22H27NO4. The monoisotopic (exact) mass is 369 g/mol. The lowest BCUT2D eigenvalue weighted by Gasteiger charge is -2.13. The molecule has 0 spiro atoms. The maximum Gasteiger partial charge on any atom is 0.224 e. The lowest BCUT2D eigenvalue weighted by Crippen LogP contribution is -2.13. The molecule has 1 amide bonds. The van der Waals surface area contributed by atoms with Gasteiger partial charge in [-0.1, -0.05) is 31.2 Å². The summed E-state index contributed by atoms with van der Waals surface area (Å²) in [5.41, 5.74) is 2.44. The Bertz CT molecular complexity index is 768. The number of carbonyl (C=O) groups is 2. The molecule has 0 aliphatic heterocycles. The van der Waals surface area contributed by atoms with Crippen LogP contribution in [0.3, 0.4) is 0 Å². The molecule has 2 aromatic rings. The van der Waals surface area contributed by atoms with Gasteiger partial charge in [-0.3, -0.25) is 9.59 Å². The van der Waals surface area contributed by atoms with Gasteiger partial charge in [0.25, 0.3) is 0 Å². The Hall–Kier alpha value is -2.82. The highest BCUT2D eigenvalue weighted by Crippen LogP contribution is 2.30. The van der Waals surface area contributed by atoms with Crippen molar-refractivity contribution in [2.45, 2.75) is 40.0 Å². The van der Waals surface area contributed by atoms with Crippen molar-refractivity contribution in [1.29, 1.82) is 0 Å². The third-order valence-electron chi connectivity index (χ3n) is 4.09. The number of ketones is 1. The predicted molar refractivity (Wildman–Crippen MR) is 107 cm³/mol. The van der Waals surface area contributed by atoms with Crippen molar-refractivity contribution in [2.75, 3.05) is 18.5 Å². The highest BCUT2D eigenvalue weighted by molar-refractivity contribution is 6.00. The van der Waals surface area contributed by atoms with Crippen LogP contribution in [0.5, 0.6) is 11.5 Å². The minimum absolute atomic E-state index is 0.0329. The topological polar surface area (TPSA) is 64.6 Å². The van der Waals surface area contributed by atoms with Crippen molar-refractivity contribution in [3.8, 4) is 11.5 Å². The summed E-state index contributed by atoms with van der Waals surface area (Å²) >= 11 is 0. The van der Waals surface area contributed by atoms with Gasteiger partial charge in [0.1, 0.15) is 0 Å². The number of anilines is 1. The number of amides is 1. The van der Waals surface area contributed by atoms with Crippen molar-refractivity contribution >= 4 is 17.4 Å². The normalized spacial score (nSPS) is 10.3. The molecule has 0 unspecified atom stereocenters. The van der Waals surface area contributed by atoms with Gasteiger partial charge in [0.05, 0.1) is 13.2 Å². The quantitative estimate of drug-likeness (QED) is 0.619. The number of hydrogen-bond donors (Lipinski definition) is 1. The van der Waals surface area contributed by atoms with Crippen molar-refractivity contribution < 1.29 is 19.1 Å². The Balaban J connectivity index is 1.92. The van der Waals surface area contributed by atoms with E-state index in [4.69, 9.17) is 9.47 Å². The number of Topliss-reactive ketones (excluding diaryl/α,β-unsaturated/α-hetero) is 1. The summed E-state index contributed by atoms with van der Waals surface area (Å²) in [6.45, 7) is 6.90. The zero-order valence-electron chi connectivity index (χ0n) is 16.2. The second-order valence-electron chi connectivity index (χ2n) is 6.05. The molecule has 0 saturated heterocycles. The second-order valence-corrected chi connectivity index (χ2v) is 6.05. The van der Waals surface area contributed by atoms with Gasteiger partial charge in [-0.15, -0.1) is 0 Å². The Morgan fingerprint density at radius 3 is 2.15 bits per heavy atom. The molecule has 27 heavy (non-hydrogen) atoms. The standard InChI is InChI=1S/C22H27NO4/c1-4-16-7-9-17(10-8-16)19(24)12-14-22(25)23-18-11-13-20(26-5-2)21(15-18)27-6-3/h7-11,13,15H,4-6,12,14H2,1-3H3,(H,23,25). The molecule has 0 radical (unpaired) electrons. The molecule has 144 valence electrons. The molecule has 5 nitrogen and oxygen atoms in total. The summed E-state index contributed by atoms with van der Waals surface area (Å²) in [5.74, 6) is 0.988. The zero-order valence-corrected chi connectivity index (χ0v) is 16.2. The van der Waals surface area contributed by atoms with E-state index in [1.165, 1.54) is 5.56 Å². The van der Waals surface area contributed by atoms with E-state index >= 15 is 0 Å². The number of benzene rings is 2. The minimum atomic E-state index is -0.208. The number of nitrogens with one attached hydrogen (secondary N) is 1. The Labute approximate surface area is 160 Å². The minimum Gasteiger partial charge on any atom is -0.490 e. The van der Waals surface area contributed by atoms with Crippen molar-refractivity contribution in [3.63, 3.8) is 0 Å². The molecule has 5 heteroatoms. The van der Waals surface area contributed by atoms with Gasteiger partial charge in [0, 0.05) is 30.2 Å². The molecule has 1 N–H and O–H groups in total. The van der Waals surface area contributed by atoms with Crippen molar-refractivity contribution in [3.05, 3.63) is 53.6 Å². The summed E-state index contributed by atoms with van der Waals surface area (Å²) in [6.07, 6.45) is 1.24. The van der Waals surface area contributed by atoms with E-state index in [1.807, 2.05) is 38.1 Å². The number of carbonyl (C=O) groups excluding carboxylic acids is 2. The molecule has 0 fully saturated rings. The molecule has 0 saturated carbocycles. The van der Waals surface area contributed by atoms with Crippen LogP contribution >= 0.6 is 0 Å². The fourth-order valence-corrected chi connectivity index (χ4v) is 2.65. The third-order valence-corrected chi connectivity index (χ3v) is 4.09. The van der Waals surface area contributed by atoms with Gasteiger partial charge >= 0.3 is 0 Å². The van der Waals surface area contributed by atoms with Gasteiger partial charge in [0.15, 0.2) is 17.3 Å². The lowest BCUT2D eigenvalue weighted by molar-refractivity contribution is -0.116.